The van der Waals surface area contributed by atoms with Gasteiger partial charge in [-0.1, -0.05) is 42.5 Å². The lowest BCUT2D eigenvalue weighted by molar-refractivity contribution is 0.0779. The van der Waals surface area contributed by atoms with Crippen molar-refractivity contribution >= 4 is 16.7 Å². The molecule has 3 nitrogen and oxygen atoms in total. The van der Waals surface area contributed by atoms with Crippen molar-refractivity contribution in [2.24, 2.45) is 0 Å². The molecule has 0 radical (unpaired) electrons. The molecule has 0 N–H and O–H groups in total. The van der Waals surface area contributed by atoms with Crippen LogP contribution in [0.25, 0.3) is 10.8 Å². The van der Waals surface area contributed by atoms with E-state index in [0.29, 0.717) is 12.2 Å². The Morgan fingerprint density at radius 3 is 2.52 bits per heavy atom. The SMILES string of the molecule is CN(Cc1ccc2ccccc2c1)C(=O)c1ccccn1. The minimum atomic E-state index is -0.0660. The van der Waals surface area contributed by atoms with Crippen LogP contribution in [0.4, 0.5) is 0 Å². The Morgan fingerprint density at radius 1 is 1.00 bits per heavy atom. The van der Waals surface area contributed by atoms with Crippen molar-refractivity contribution in [3.63, 3.8) is 0 Å². The van der Waals surface area contributed by atoms with Crippen LogP contribution in [0.3, 0.4) is 0 Å². The highest BCUT2D eigenvalue weighted by Crippen LogP contribution is 2.17. The molecule has 0 spiro atoms. The van der Waals surface area contributed by atoms with E-state index in [2.05, 4.69) is 35.3 Å². The van der Waals surface area contributed by atoms with Gasteiger partial charge in [-0.15, -0.1) is 0 Å². The van der Waals surface area contributed by atoms with Crippen LogP contribution in [0.2, 0.25) is 0 Å². The van der Waals surface area contributed by atoms with Gasteiger partial charge in [0, 0.05) is 19.8 Å². The molecule has 3 heteroatoms. The van der Waals surface area contributed by atoms with E-state index in [1.165, 1.54) is 10.8 Å². The number of aromatic nitrogens is 1. The lowest BCUT2D eigenvalue weighted by atomic mass is 10.1. The van der Waals surface area contributed by atoms with Gasteiger partial charge < -0.3 is 4.90 Å². The molecule has 21 heavy (non-hydrogen) atoms. The minimum absolute atomic E-state index is 0.0660. The first-order chi connectivity index (χ1) is 10.2. The molecule has 0 saturated carbocycles. The van der Waals surface area contributed by atoms with Crippen molar-refractivity contribution in [2.75, 3.05) is 7.05 Å². The molecule has 1 heterocycles. The average molecular weight is 276 g/mol. The summed E-state index contributed by atoms with van der Waals surface area (Å²) in [6.07, 6.45) is 1.64. The number of carbonyl (C=O) groups excluding carboxylic acids is 1. The Labute approximate surface area is 123 Å². The summed E-state index contributed by atoms with van der Waals surface area (Å²) in [5.74, 6) is -0.0660. The molecule has 3 rings (SSSR count). The lowest BCUT2D eigenvalue weighted by Gasteiger charge is -2.17. The molecule has 0 atom stereocenters. The summed E-state index contributed by atoms with van der Waals surface area (Å²) in [5.41, 5.74) is 1.58. The predicted molar refractivity (Wildman–Crippen MR) is 84.0 cm³/mol. The van der Waals surface area contributed by atoms with Gasteiger partial charge in [0.15, 0.2) is 0 Å². The van der Waals surface area contributed by atoms with Gasteiger partial charge >= 0.3 is 0 Å². The number of pyridine rings is 1. The maximum Gasteiger partial charge on any atom is 0.272 e. The summed E-state index contributed by atoms with van der Waals surface area (Å²) >= 11 is 0. The third-order valence-corrected chi connectivity index (χ3v) is 3.46. The summed E-state index contributed by atoms with van der Waals surface area (Å²) in [6, 6.07) is 19.9. The van der Waals surface area contributed by atoms with E-state index in [0.717, 1.165) is 5.56 Å². The van der Waals surface area contributed by atoms with E-state index in [4.69, 9.17) is 0 Å². The number of rotatable bonds is 3. The van der Waals surface area contributed by atoms with Crippen molar-refractivity contribution < 1.29 is 4.79 Å². The first kappa shape index (κ1) is 13.3. The smallest absolute Gasteiger partial charge is 0.272 e. The quantitative estimate of drug-likeness (QED) is 0.733. The van der Waals surface area contributed by atoms with E-state index in [1.54, 1.807) is 30.3 Å². The molecule has 0 fully saturated rings. The van der Waals surface area contributed by atoms with E-state index in [9.17, 15) is 4.79 Å². The third-order valence-electron chi connectivity index (χ3n) is 3.46. The van der Waals surface area contributed by atoms with Crippen LogP contribution in [-0.4, -0.2) is 22.8 Å². The van der Waals surface area contributed by atoms with E-state index in [-0.39, 0.29) is 5.91 Å². The van der Waals surface area contributed by atoms with Gasteiger partial charge in [0.2, 0.25) is 0 Å². The number of hydrogen-bond acceptors (Lipinski definition) is 2. The highest BCUT2D eigenvalue weighted by molar-refractivity contribution is 5.92. The van der Waals surface area contributed by atoms with E-state index >= 15 is 0 Å². The van der Waals surface area contributed by atoms with Crippen molar-refractivity contribution in [1.29, 1.82) is 0 Å². The molecule has 1 amide bonds. The maximum atomic E-state index is 12.3. The second-order valence-electron chi connectivity index (χ2n) is 5.06. The zero-order valence-electron chi connectivity index (χ0n) is 11.9. The molecule has 0 bridgehead atoms. The number of fused-ring (bicyclic) bond motifs is 1. The van der Waals surface area contributed by atoms with E-state index < -0.39 is 0 Å². The summed E-state index contributed by atoms with van der Waals surface area (Å²) in [4.78, 5) is 18.1. The average Bonchev–Trinajstić information content (AvgIpc) is 2.55. The Hall–Kier alpha value is -2.68. The molecule has 104 valence electrons. The highest BCUT2D eigenvalue weighted by Gasteiger charge is 2.12. The van der Waals surface area contributed by atoms with Crippen molar-refractivity contribution in [3.05, 3.63) is 78.1 Å². The van der Waals surface area contributed by atoms with Crippen molar-refractivity contribution in [1.82, 2.24) is 9.88 Å². The zero-order valence-corrected chi connectivity index (χ0v) is 11.9. The monoisotopic (exact) mass is 276 g/mol. The number of carbonyl (C=O) groups is 1. The Morgan fingerprint density at radius 2 is 1.76 bits per heavy atom. The normalized spacial score (nSPS) is 10.5. The van der Waals surface area contributed by atoms with E-state index in [1.807, 2.05) is 18.2 Å². The largest absolute Gasteiger partial charge is 0.336 e. The number of hydrogen-bond donors (Lipinski definition) is 0. The molecule has 0 unspecified atom stereocenters. The van der Waals surface area contributed by atoms with Crippen LogP contribution in [0.1, 0.15) is 16.1 Å². The molecular weight excluding hydrogens is 260 g/mol. The Balaban J connectivity index is 1.80. The second-order valence-corrected chi connectivity index (χ2v) is 5.06. The van der Waals surface area contributed by atoms with Gasteiger partial charge in [0.1, 0.15) is 5.69 Å². The topological polar surface area (TPSA) is 33.2 Å². The van der Waals surface area contributed by atoms with Crippen LogP contribution < -0.4 is 0 Å². The fourth-order valence-electron chi connectivity index (χ4n) is 2.37. The van der Waals surface area contributed by atoms with Crippen LogP contribution in [0, 0.1) is 0 Å². The first-order valence-corrected chi connectivity index (χ1v) is 6.88. The molecule has 0 aliphatic heterocycles. The van der Waals surface area contributed by atoms with Crippen molar-refractivity contribution in [3.8, 4) is 0 Å². The van der Waals surface area contributed by atoms with Gasteiger partial charge in [0.25, 0.3) is 5.91 Å². The van der Waals surface area contributed by atoms with Gasteiger partial charge in [-0.25, -0.2) is 0 Å². The van der Waals surface area contributed by atoms with Crippen LogP contribution >= 0.6 is 0 Å². The summed E-state index contributed by atoms with van der Waals surface area (Å²) in [7, 11) is 1.80. The summed E-state index contributed by atoms with van der Waals surface area (Å²) in [5, 5.41) is 2.40. The fraction of sp³-hybridized carbons (Fsp3) is 0.111. The standard InChI is InChI=1S/C18H16N2O/c1-20(18(21)17-8-4-5-11-19-17)13-14-9-10-15-6-2-3-7-16(15)12-14/h2-12H,13H2,1H3. The molecule has 1 aromatic heterocycles. The molecule has 3 aromatic rings. The zero-order chi connectivity index (χ0) is 14.7. The summed E-state index contributed by atoms with van der Waals surface area (Å²) < 4.78 is 0. The number of amides is 1. The molecule has 0 aliphatic rings. The molecule has 0 aliphatic carbocycles. The Kier molecular flexibility index (Phi) is 3.65. The fourth-order valence-corrected chi connectivity index (χ4v) is 2.37. The van der Waals surface area contributed by atoms with Gasteiger partial charge in [-0.05, 0) is 34.5 Å². The van der Waals surface area contributed by atoms with Crippen LogP contribution in [0.5, 0.6) is 0 Å². The minimum Gasteiger partial charge on any atom is -0.336 e. The highest BCUT2D eigenvalue weighted by atomic mass is 16.2. The third kappa shape index (κ3) is 2.92. The van der Waals surface area contributed by atoms with Gasteiger partial charge in [0.05, 0.1) is 0 Å². The van der Waals surface area contributed by atoms with Crippen LogP contribution in [0.15, 0.2) is 66.9 Å². The predicted octanol–water partition coefficient (Wildman–Crippen LogP) is 3.51. The number of nitrogens with zero attached hydrogens (tertiary/aromatic N) is 2. The van der Waals surface area contributed by atoms with Gasteiger partial charge in [-0.2, -0.15) is 0 Å². The summed E-state index contributed by atoms with van der Waals surface area (Å²) in [6.45, 7) is 0.570. The lowest BCUT2D eigenvalue weighted by Crippen LogP contribution is -2.26. The molecule has 2 aromatic carbocycles. The van der Waals surface area contributed by atoms with Crippen molar-refractivity contribution in [2.45, 2.75) is 6.54 Å². The Bertz CT molecular complexity index is 768. The maximum absolute atomic E-state index is 12.3. The molecule has 0 saturated heterocycles. The molecular formula is C18H16N2O. The second kappa shape index (κ2) is 5.75. The van der Waals surface area contributed by atoms with Crippen LogP contribution in [-0.2, 0) is 6.54 Å². The first-order valence-electron chi connectivity index (χ1n) is 6.88. The van der Waals surface area contributed by atoms with Gasteiger partial charge in [-0.3, -0.25) is 9.78 Å². The number of benzene rings is 2.